The van der Waals surface area contributed by atoms with Gasteiger partial charge in [-0.15, -0.1) is 0 Å². The van der Waals surface area contributed by atoms with Gasteiger partial charge < -0.3 is 25.4 Å². The number of alkyl carbamates (subject to hydrolysis) is 1. The maximum absolute atomic E-state index is 14.1. The van der Waals surface area contributed by atoms with E-state index in [1.165, 1.54) is 4.90 Å². The van der Waals surface area contributed by atoms with Crippen LogP contribution in [0, 0.1) is 12.8 Å². The van der Waals surface area contributed by atoms with Crippen LogP contribution in [0.2, 0.25) is 0 Å². The molecule has 0 saturated heterocycles. The lowest BCUT2D eigenvalue weighted by Gasteiger charge is -2.43. The summed E-state index contributed by atoms with van der Waals surface area (Å²) in [6.07, 6.45) is -0.352. The van der Waals surface area contributed by atoms with Gasteiger partial charge in [0, 0.05) is 17.1 Å². The lowest BCUT2D eigenvalue weighted by Crippen LogP contribution is -2.59. The molecule has 0 radical (unpaired) electrons. The Bertz CT molecular complexity index is 897. The molecule has 0 spiro atoms. The van der Waals surface area contributed by atoms with Gasteiger partial charge in [0.25, 0.3) is 0 Å². The molecule has 2 atom stereocenters. The zero-order valence-electron chi connectivity index (χ0n) is 23.3. The van der Waals surface area contributed by atoms with Crippen LogP contribution in [0.4, 0.5) is 4.79 Å². The van der Waals surface area contributed by atoms with Crippen molar-refractivity contribution in [2.24, 2.45) is 5.92 Å². The molecule has 8 heteroatoms. The average molecular weight is 492 g/mol. The maximum Gasteiger partial charge on any atom is 0.408 e. The Morgan fingerprint density at radius 2 is 1.57 bits per heavy atom. The molecule has 2 unspecified atom stereocenters. The molecule has 8 nitrogen and oxygen atoms in total. The van der Waals surface area contributed by atoms with E-state index in [1.807, 2.05) is 48.5 Å². The molecule has 1 aromatic carbocycles. The molecule has 198 valence electrons. The summed E-state index contributed by atoms with van der Waals surface area (Å²) in [5.74, 6) is -0.804. The third-order valence-corrected chi connectivity index (χ3v) is 5.16. The van der Waals surface area contributed by atoms with E-state index in [4.69, 9.17) is 4.74 Å². The predicted octanol–water partition coefficient (Wildman–Crippen LogP) is 4.83. The van der Waals surface area contributed by atoms with Crippen LogP contribution in [-0.2, 0) is 14.3 Å². The third-order valence-electron chi connectivity index (χ3n) is 5.16. The summed E-state index contributed by atoms with van der Waals surface area (Å²) in [5, 5.41) is 16.5. The van der Waals surface area contributed by atoms with E-state index in [0.717, 1.165) is 0 Å². The summed E-state index contributed by atoms with van der Waals surface area (Å²) in [4.78, 5) is 41.7. The smallest absolute Gasteiger partial charge is 0.408 e. The predicted molar refractivity (Wildman–Crippen MR) is 138 cm³/mol. The zero-order valence-corrected chi connectivity index (χ0v) is 23.3. The number of carbonyl (C=O) groups excluding carboxylic acids is 3. The highest BCUT2D eigenvalue weighted by atomic mass is 16.6. The quantitative estimate of drug-likeness (QED) is 0.483. The fourth-order valence-corrected chi connectivity index (χ4v) is 3.82. The normalized spacial score (nSPS) is 13.9. The van der Waals surface area contributed by atoms with Crippen molar-refractivity contribution < 1.29 is 24.2 Å². The number of hydrogen-bond donors (Lipinski definition) is 3. The number of phenols is 1. The minimum Gasteiger partial charge on any atom is -0.507 e. The molecular weight excluding hydrogens is 446 g/mol. The Morgan fingerprint density at radius 3 is 2.03 bits per heavy atom. The van der Waals surface area contributed by atoms with Gasteiger partial charge in [-0.25, -0.2) is 4.79 Å². The molecule has 0 saturated carbocycles. The first-order valence-corrected chi connectivity index (χ1v) is 12.3. The van der Waals surface area contributed by atoms with Crippen molar-refractivity contribution in [1.29, 1.82) is 0 Å². The van der Waals surface area contributed by atoms with E-state index in [2.05, 4.69) is 10.6 Å². The fraction of sp³-hybridized carbons (Fsp3) is 0.667. The largest absolute Gasteiger partial charge is 0.507 e. The van der Waals surface area contributed by atoms with Gasteiger partial charge in [-0.05, 0) is 80.2 Å². The number of aryl methyl sites for hydroxylation is 1. The van der Waals surface area contributed by atoms with E-state index in [1.54, 1.807) is 45.9 Å². The third kappa shape index (κ3) is 9.07. The lowest BCUT2D eigenvalue weighted by molar-refractivity contribution is -0.149. The average Bonchev–Trinajstić information content (AvgIpc) is 2.64. The number of nitrogens with zero attached hydrogens (tertiary/aromatic N) is 1. The van der Waals surface area contributed by atoms with Crippen molar-refractivity contribution in [3.8, 4) is 5.75 Å². The van der Waals surface area contributed by atoms with Crippen molar-refractivity contribution in [2.75, 3.05) is 0 Å². The lowest BCUT2D eigenvalue weighted by atomic mass is 9.92. The van der Waals surface area contributed by atoms with Gasteiger partial charge in [0.15, 0.2) is 0 Å². The van der Waals surface area contributed by atoms with E-state index in [-0.39, 0.29) is 17.7 Å². The van der Waals surface area contributed by atoms with Crippen molar-refractivity contribution in [3.05, 3.63) is 29.3 Å². The van der Waals surface area contributed by atoms with Gasteiger partial charge in [0.05, 0.1) is 0 Å². The molecule has 0 fully saturated rings. The molecular formula is C27H45N3O5. The van der Waals surface area contributed by atoms with Crippen molar-refractivity contribution in [1.82, 2.24) is 15.5 Å². The summed E-state index contributed by atoms with van der Waals surface area (Å²) < 4.78 is 5.41. The van der Waals surface area contributed by atoms with Crippen LogP contribution < -0.4 is 10.6 Å². The molecule has 0 aliphatic heterocycles. The van der Waals surface area contributed by atoms with Crippen molar-refractivity contribution in [3.63, 3.8) is 0 Å². The number of aromatic hydroxyl groups is 1. The van der Waals surface area contributed by atoms with Gasteiger partial charge in [0.1, 0.15) is 23.4 Å². The highest BCUT2D eigenvalue weighted by Crippen LogP contribution is 2.36. The van der Waals surface area contributed by atoms with Crippen LogP contribution >= 0.6 is 0 Å². The second kappa shape index (κ2) is 11.8. The molecule has 0 aromatic heterocycles. The Balaban J connectivity index is 3.64. The maximum atomic E-state index is 14.1. The topological polar surface area (TPSA) is 108 Å². The van der Waals surface area contributed by atoms with Crippen LogP contribution in [-0.4, -0.2) is 51.1 Å². The first-order chi connectivity index (χ1) is 15.8. The van der Waals surface area contributed by atoms with E-state index < -0.39 is 41.1 Å². The summed E-state index contributed by atoms with van der Waals surface area (Å²) in [5.41, 5.74) is -0.632. The molecule has 35 heavy (non-hydrogen) atoms. The number of benzene rings is 1. The standard InChI is InChI=1S/C27H45N3O5/c1-16(2)15-20(29-25(34)35-27(9,10)11)24(33)30(26(6,7)8)21(23(32)28-17(3)4)19-14-12-13-18(5)22(19)31/h12-14,16-17,20-21,31H,15H2,1-11H3,(H,28,32)(H,29,34). The number of nitrogens with one attached hydrogen (secondary N) is 2. The van der Waals surface area contributed by atoms with Crippen LogP contribution in [0.15, 0.2) is 18.2 Å². The minimum atomic E-state index is -1.11. The Labute approximate surface area is 210 Å². The van der Waals surface area contributed by atoms with Gasteiger partial charge in [-0.2, -0.15) is 0 Å². The van der Waals surface area contributed by atoms with Gasteiger partial charge >= 0.3 is 6.09 Å². The van der Waals surface area contributed by atoms with Crippen LogP contribution in [0.25, 0.3) is 0 Å². The van der Waals surface area contributed by atoms with Crippen LogP contribution in [0.3, 0.4) is 0 Å². The van der Waals surface area contributed by atoms with Crippen LogP contribution in [0.5, 0.6) is 5.75 Å². The van der Waals surface area contributed by atoms with Gasteiger partial charge in [-0.1, -0.05) is 32.0 Å². The number of hydrogen-bond acceptors (Lipinski definition) is 5. The van der Waals surface area contributed by atoms with Crippen molar-refractivity contribution in [2.45, 2.75) is 112 Å². The molecule has 1 aromatic rings. The second-order valence-electron chi connectivity index (χ2n) is 11.8. The highest BCUT2D eigenvalue weighted by molar-refractivity contribution is 5.93. The minimum absolute atomic E-state index is 0.0426. The van der Waals surface area contributed by atoms with Crippen molar-refractivity contribution >= 4 is 17.9 Å². The molecule has 3 amide bonds. The van der Waals surface area contributed by atoms with E-state index >= 15 is 0 Å². The Kier molecular flexibility index (Phi) is 10.2. The van der Waals surface area contributed by atoms with Gasteiger partial charge in [-0.3, -0.25) is 9.59 Å². The van der Waals surface area contributed by atoms with Crippen LogP contribution in [0.1, 0.15) is 92.8 Å². The number of rotatable bonds is 8. The Morgan fingerprint density at radius 1 is 1.00 bits per heavy atom. The summed E-state index contributed by atoms with van der Waals surface area (Å²) in [7, 11) is 0. The first kappa shape index (κ1) is 30.3. The number of phenolic OH excluding ortho intramolecular Hbond substituents is 1. The first-order valence-electron chi connectivity index (χ1n) is 12.3. The molecule has 0 aliphatic rings. The second-order valence-corrected chi connectivity index (χ2v) is 11.8. The molecule has 0 bridgehead atoms. The number of amides is 3. The SMILES string of the molecule is Cc1cccc(C(C(=O)NC(C)C)N(C(=O)C(CC(C)C)NC(=O)OC(C)(C)C)C(C)(C)C)c1O. The highest BCUT2D eigenvalue weighted by Gasteiger charge is 2.43. The monoisotopic (exact) mass is 491 g/mol. The summed E-state index contributed by atoms with van der Waals surface area (Å²) >= 11 is 0. The van der Waals surface area contributed by atoms with Gasteiger partial charge in [0.2, 0.25) is 11.8 Å². The zero-order chi connectivity index (χ0) is 27.3. The molecule has 0 aliphatic carbocycles. The molecule has 3 N–H and O–H groups in total. The van der Waals surface area contributed by atoms with E-state index in [9.17, 15) is 19.5 Å². The molecule has 0 heterocycles. The number of para-hydroxylation sites is 1. The summed E-state index contributed by atoms with van der Waals surface area (Å²) in [6.45, 7) is 20.0. The Hall–Kier alpha value is -2.77. The summed E-state index contributed by atoms with van der Waals surface area (Å²) in [6, 6.07) is 2.92. The fourth-order valence-electron chi connectivity index (χ4n) is 3.82. The number of ether oxygens (including phenoxy) is 1. The molecule has 1 rings (SSSR count). The van der Waals surface area contributed by atoms with E-state index in [0.29, 0.717) is 17.5 Å². The number of carbonyl (C=O) groups is 3.